The third kappa shape index (κ3) is 7.39. The van der Waals surface area contributed by atoms with Gasteiger partial charge in [-0.2, -0.15) is 4.57 Å². The molecule has 0 bridgehead atoms. The van der Waals surface area contributed by atoms with Crippen molar-refractivity contribution in [2.24, 2.45) is 0 Å². The number of hydrogen-bond donors (Lipinski definition) is 0. The predicted octanol–water partition coefficient (Wildman–Crippen LogP) is 9.87. The minimum Gasteiger partial charge on any atom is -0.386 e. The van der Waals surface area contributed by atoms with Crippen LogP contribution in [0.3, 0.4) is 0 Å². The maximum Gasteiger partial charge on any atom is 0.647 e. The topological polar surface area (TPSA) is 44.8 Å². The number of rotatable bonds is 12. The highest BCUT2D eigenvalue weighted by Gasteiger charge is 2.33. The zero-order chi connectivity index (χ0) is 25.4. The number of benzene rings is 3. The molecule has 0 fully saturated rings. The van der Waals surface area contributed by atoms with Crippen LogP contribution in [-0.4, -0.2) is 0 Å². The molecule has 0 heterocycles. The zero-order valence-corrected chi connectivity index (χ0v) is 22.8. The van der Waals surface area contributed by atoms with Gasteiger partial charge in [0.2, 0.25) is 0 Å². The van der Waals surface area contributed by atoms with Gasteiger partial charge in [-0.05, 0) is 90.1 Å². The van der Waals surface area contributed by atoms with E-state index in [1.54, 1.807) is 18.2 Å². The molecule has 4 nitrogen and oxygen atoms in total. The molecule has 3 rings (SSSR count). The summed E-state index contributed by atoms with van der Waals surface area (Å²) in [5, 5.41) is 0. The largest absolute Gasteiger partial charge is 0.647 e. The van der Waals surface area contributed by atoms with E-state index in [0.717, 1.165) is 36.0 Å². The monoisotopic (exact) mass is 494 g/mol. The molecule has 0 aliphatic heterocycles. The van der Waals surface area contributed by atoms with Crippen molar-refractivity contribution in [2.45, 2.75) is 78.6 Å². The first kappa shape index (κ1) is 26.9. The average molecular weight is 495 g/mol. The van der Waals surface area contributed by atoms with Crippen LogP contribution >= 0.6 is 7.82 Å². The molecule has 3 atom stereocenters. The molecule has 0 saturated heterocycles. The van der Waals surface area contributed by atoms with Crippen molar-refractivity contribution < 1.29 is 18.1 Å². The highest BCUT2D eigenvalue weighted by Crippen LogP contribution is 2.50. The highest BCUT2D eigenvalue weighted by molar-refractivity contribution is 7.49. The van der Waals surface area contributed by atoms with E-state index < -0.39 is 7.82 Å². The molecule has 0 amide bonds. The Morgan fingerprint density at radius 1 is 0.571 bits per heavy atom. The molecule has 0 saturated carbocycles. The molecule has 0 aliphatic rings. The molecular formula is C30H39O4P. The Morgan fingerprint density at radius 2 is 0.857 bits per heavy atom. The highest BCUT2D eigenvalue weighted by atomic mass is 31.2. The first-order chi connectivity index (χ1) is 16.8. The fourth-order valence-corrected chi connectivity index (χ4v) is 5.01. The minimum absolute atomic E-state index is 0.360. The summed E-state index contributed by atoms with van der Waals surface area (Å²) in [5.41, 5.74) is 3.36. The summed E-state index contributed by atoms with van der Waals surface area (Å²) in [6.45, 7) is 12.9. The first-order valence-corrected chi connectivity index (χ1v) is 14.2. The van der Waals surface area contributed by atoms with Crippen molar-refractivity contribution in [1.82, 2.24) is 0 Å². The summed E-state index contributed by atoms with van der Waals surface area (Å²) in [6.07, 6.45) is 3.00. The number of phosphoric ester groups is 1. The first-order valence-electron chi connectivity index (χ1n) is 12.8. The molecule has 0 radical (unpaired) electrons. The van der Waals surface area contributed by atoms with Crippen molar-refractivity contribution in [3.63, 3.8) is 0 Å². The van der Waals surface area contributed by atoms with Crippen LogP contribution < -0.4 is 13.6 Å². The van der Waals surface area contributed by atoms with Crippen LogP contribution in [-0.2, 0) is 4.57 Å². The van der Waals surface area contributed by atoms with Crippen LogP contribution in [0, 0.1) is 0 Å². The Morgan fingerprint density at radius 3 is 1.11 bits per heavy atom. The lowest BCUT2D eigenvalue weighted by Crippen LogP contribution is -2.08. The van der Waals surface area contributed by atoms with Gasteiger partial charge in [0.05, 0.1) is 0 Å². The molecule has 188 valence electrons. The van der Waals surface area contributed by atoms with Crippen LogP contribution in [0.5, 0.6) is 17.2 Å². The SMILES string of the molecule is CCC(C)c1cccc(OP(=O)(Oc2cccc(C(C)CC)c2)Oc2cccc(C(C)CC)c2)c1. The molecular weight excluding hydrogens is 455 g/mol. The van der Waals surface area contributed by atoms with Crippen molar-refractivity contribution in [3.05, 3.63) is 89.5 Å². The van der Waals surface area contributed by atoms with E-state index in [9.17, 15) is 4.57 Å². The van der Waals surface area contributed by atoms with E-state index in [4.69, 9.17) is 13.6 Å². The van der Waals surface area contributed by atoms with Crippen LogP contribution in [0.4, 0.5) is 0 Å². The van der Waals surface area contributed by atoms with Crippen molar-refractivity contribution >= 4 is 7.82 Å². The van der Waals surface area contributed by atoms with Gasteiger partial charge in [-0.25, -0.2) is 0 Å². The summed E-state index contributed by atoms with van der Waals surface area (Å²) in [6, 6.07) is 23.0. The Labute approximate surface area is 211 Å². The van der Waals surface area contributed by atoms with Gasteiger partial charge < -0.3 is 13.6 Å². The summed E-state index contributed by atoms with van der Waals surface area (Å²) in [7, 11) is -4.06. The molecule has 3 aromatic rings. The third-order valence-electron chi connectivity index (χ3n) is 6.77. The number of hydrogen-bond acceptors (Lipinski definition) is 4. The van der Waals surface area contributed by atoms with Gasteiger partial charge in [-0.1, -0.05) is 77.9 Å². The van der Waals surface area contributed by atoms with Crippen molar-refractivity contribution in [2.75, 3.05) is 0 Å². The van der Waals surface area contributed by atoms with Gasteiger partial charge in [-0.3, -0.25) is 0 Å². The van der Waals surface area contributed by atoms with Crippen molar-refractivity contribution in [3.8, 4) is 17.2 Å². The van der Waals surface area contributed by atoms with Crippen molar-refractivity contribution in [1.29, 1.82) is 0 Å². The van der Waals surface area contributed by atoms with Crippen LogP contribution in [0.25, 0.3) is 0 Å². The lowest BCUT2D eigenvalue weighted by molar-refractivity contribution is 0.298. The Hall–Kier alpha value is -2.71. The summed E-state index contributed by atoms with van der Waals surface area (Å²) >= 11 is 0. The molecule has 0 aliphatic carbocycles. The Kier molecular flexibility index (Phi) is 9.46. The Balaban J connectivity index is 1.96. The summed E-state index contributed by atoms with van der Waals surface area (Å²) in [5.74, 6) is 2.46. The second-order valence-electron chi connectivity index (χ2n) is 9.37. The van der Waals surface area contributed by atoms with Gasteiger partial charge in [0.25, 0.3) is 0 Å². The predicted molar refractivity (Wildman–Crippen MR) is 145 cm³/mol. The second kappa shape index (κ2) is 12.3. The standard InChI is InChI=1S/C30H39O4P/c1-7-22(4)25-13-10-16-28(19-25)32-35(31,33-29-17-11-14-26(20-29)23(5)8-2)34-30-18-12-15-27(21-30)24(6)9-3/h10-24H,7-9H2,1-6H3. The zero-order valence-electron chi connectivity index (χ0n) is 21.9. The molecule has 35 heavy (non-hydrogen) atoms. The maximum absolute atomic E-state index is 14.1. The van der Waals surface area contributed by atoms with E-state index in [1.807, 2.05) is 36.4 Å². The summed E-state index contributed by atoms with van der Waals surface area (Å²) < 4.78 is 32.1. The molecule has 0 spiro atoms. The van der Waals surface area contributed by atoms with Crippen LogP contribution in [0.15, 0.2) is 72.8 Å². The van der Waals surface area contributed by atoms with Crippen LogP contribution in [0.2, 0.25) is 0 Å². The molecule has 0 aromatic heterocycles. The Bertz CT molecular complexity index is 1000. The van der Waals surface area contributed by atoms with Crippen LogP contribution in [0.1, 0.15) is 95.2 Å². The molecule has 0 N–H and O–H groups in total. The fourth-order valence-electron chi connectivity index (χ4n) is 3.78. The lowest BCUT2D eigenvalue weighted by atomic mass is 9.99. The summed E-state index contributed by atoms with van der Waals surface area (Å²) in [4.78, 5) is 0. The van der Waals surface area contributed by atoms with Gasteiger partial charge in [0.1, 0.15) is 17.2 Å². The van der Waals surface area contributed by atoms with E-state index in [0.29, 0.717) is 35.0 Å². The normalized spacial score (nSPS) is 15.5. The molecule has 5 heteroatoms. The van der Waals surface area contributed by atoms with E-state index >= 15 is 0 Å². The minimum atomic E-state index is -4.06. The lowest BCUT2D eigenvalue weighted by Gasteiger charge is -2.21. The molecule has 3 unspecified atom stereocenters. The average Bonchev–Trinajstić information content (AvgIpc) is 2.87. The van der Waals surface area contributed by atoms with E-state index in [-0.39, 0.29) is 0 Å². The maximum atomic E-state index is 14.1. The third-order valence-corrected chi connectivity index (χ3v) is 8.07. The smallest absolute Gasteiger partial charge is 0.386 e. The molecule has 3 aromatic carbocycles. The van der Waals surface area contributed by atoms with E-state index in [1.165, 1.54) is 0 Å². The fraction of sp³-hybridized carbons (Fsp3) is 0.400. The number of phosphoric acid groups is 1. The van der Waals surface area contributed by atoms with Gasteiger partial charge >= 0.3 is 7.82 Å². The quantitative estimate of drug-likeness (QED) is 0.235. The van der Waals surface area contributed by atoms with Gasteiger partial charge in [0.15, 0.2) is 0 Å². The van der Waals surface area contributed by atoms with Gasteiger partial charge in [0, 0.05) is 0 Å². The van der Waals surface area contributed by atoms with E-state index in [2.05, 4.69) is 59.7 Å². The second-order valence-corrected chi connectivity index (χ2v) is 10.8. The van der Waals surface area contributed by atoms with Gasteiger partial charge in [-0.15, -0.1) is 0 Å².